The first-order valence-corrected chi connectivity index (χ1v) is 12.4. The fourth-order valence-electron chi connectivity index (χ4n) is 3.87. The predicted molar refractivity (Wildman–Crippen MR) is 134 cm³/mol. The Morgan fingerprint density at radius 3 is 2.74 bits per heavy atom. The number of ether oxygens (including phenoxy) is 2. The normalized spacial score (nSPS) is 22.6. The smallest absolute Gasteiger partial charge is 0.213 e. The van der Waals surface area contributed by atoms with Gasteiger partial charge < -0.3 is 19.7 Å². The summed E-state index contributed by atoms with van der Waals surface area (Å²) in [6.45, 7) is 5.42. The van der Waals surface area contributed by atoms with Crippen LogP contribution in [0, 0.1) is 6.92 Å². The number of nitrogens with one attached hydrogen (secondary N) is 2. The van der Waals surface area contributed by atoms with Crippen molar-refractivity contribution in [1.29, 1.82) is 0 Å². The first-order valence-electron chi connectivity index (χ1n) is 10.7. The molecule has 1 aromatic carbocycles. The molecule has 0 spiro atoms. The number of hydrogen-bond donors (Lipinski definition) is 2. The summed E-state index contributed by atoms with van der Waals surface area (Å²) in [5.74, 6) is 0.687. The largest absolute Gasteiger partial charge is 0.377 e. The average molecular weight is 567 g/mol. The molecule has 2 fully saturated rings. The zero-order chi connectivity index (χ0) is 21.4. The molecule has 0 aliphatic carbocycles. The summed E-state index contributed by atoms with van der Waals surface area (Å²) >= 11 is 0. The molecule has 0 bridgehead atoms. The summed E-state index contributed by atoms with van der Waals surface area (Å²) in [5, 5.41) is 3.19. The van der Waals surface area contributed by atoms with Gasteiger partial charge in [-0.25, -0.2) is 13.1 Å². The quantitative estimate of drug-likeness (QED) is 0.298. The van der Waals surface area contributed by atoms with E-state index in [9.17, 15) is 8.42 Å². The maximum atomic E-state index is 12.3. The van der Waals surface area contributed by atoms with Gasteiger partial charge in [0.2, 0.25) is 10.0 Å². The van der Waals surface area contributed by atoms with Crippen molar-refractivity contribution in [3.8, 4) is 0 Å². The van der Waals surface area contributed by atoms with Crippen LogP contribution in [0.25, 0.3) is 0 Å². The Labute approximate surface area is 203 Å². The van der Waals surface area contributed by atoms with E-state index in [1.54, 1.807) is 7.05 Å². The lowest BCUT2D eigenvalue weighted by atomic mass is 10.0. The van der Waals surface area contributed by atoms with Crippen LogP contribution < -0.4 is 10.0 Å². The Morgan fingerprint density at radius 1 is 1.23 bits per heavy atom. The third-order valence-electron chi connectivity index (χ3n) is 5.57. The lowest BCUT2D eigenvalue weighted by Crippen LogP contribution is -2.49. The Hall–Kier alpha value is -0.950. The van der Waals surface area contributed by atoms with E-state index in [1.165, 1.54) is 11.1 Å². The van der Waals surface area contributed by atoms with Gasteiger partial charge in [0.15, 0.2) is 5.96 Å². The maximum Gasteiger partial charge on any atom is 0.213 e. The highest BCUT2D eigenvalue weighted by Crippen LogP contribution is 2.24. The number of rotatable bonds is 7. The minimum atomic E-state index is -3.37. The van der Waals surface area contributed by atoms with E-state index in [-0.39, 0.29) is 41.9 Å². The van der Waals surface area contributed by atoms with Gasteiger partial charge in [-0.2, -0.15) is 0 Å². The molecule has 10 heteroatoms. The van der Waals surface area contributed by atoms with Gasteiger partial charge in [-0.3, -0.25) is 4.99 Å². The number of guanidine groups is 1. The molecule has 0 aromatic heterocycles. The van der Waals surface area contributed by atoms with Gasteiger partial charge in [-0.05, 0) is 37.3 Å². The molecule has 0 amide bonds. The van der Waals surface area contributed by atoms with E-state index in [2.05, 4.69) is 39.0 Å². The van der Waals surface area contributed by atoms with Crippen LogP contribution in [-0.4, -0.2) is 77.6 Å². The van der Waals surface area contributed by atoms with Crippen LogP contribution in [0.15, 0.2) is 29.3 Å². The molecular weight excluding hydrogens is 531 g/mol. The average Bonchev–Trinajstić information content (AvgIpc) is 2.76. The molecule has 2 saturated heterocycles. The number of morpholine rings is 1. The highest BCUT2D eigenvalue weighted by molar-refractivity contribution is 14.0. The second-order valence-electron chi connectivity index (χ2n) is 7.79. The molecule has 2 heterocycles. The van der Waals surface area contributed by atoms with Crippen molar-refractivity contribution in [2.24, 2.45) is 4.99 Å². The molecule has 2 aliphatic rings. The van der Waals surface area contributed by atoms with Crippen molar-refractivity contribution in [3.05, 3.63) is 35.4 Å². The second kappa shape index (κ2) is 12.9. The van der Waals surface area contributed by atoms with Gasteiger partial charge in [0.05, 0.1) is 25.0 Å². The van der Waals surface area contributed by atoms with Crippen LogP contribution in [0.2, 0.25) is 0 Å². The van der Waals surface area contributed by atoms with Crippen LogP contribution in [0.4, 0.5) is 0 Å². The molecule has 1 aromatic rings. The third-order valence-corrected chi connectivity index (χ3v) is 6.92. The van der Waals surface area contributed by atoms with Crippen molar-refractivity contribution in [1.82, 2.24) is 14.9 Å². The van der Waals surface area contributed by atoms with Crippen molar-refractivity contribution >= 4 is 40.0 Å². The minimum absolute atomic E-state index is 0. The molecular formula is C21H35IN4O4S. The van der Waals surface area contributed by atoms with Gasteiger partial charge >= 0.3 is 0 Å². The first kappa shape index (κ1) is 26.3. The Balaban J connectivity index is 0.00000341. The van der Waals surface area contributed by atoms with Crippen LogP contribution in [0.1, 0.15) is 36.5 Å². The lowest BCUT2D eigenvalue weighted by Gasteiger charge is -2.35. The van der Waals surface area contributed by atoms with E-state index in [1.807, 2.05) is 12.1 Å². The fraction of sp³-hybridized carbons (Fsp3) is 0.667. The van der Waals surface area contributed by atoms with E-state index in [0.29, 0.717) is 45.4 Å². The summed E-state index contributed by atoms with van der Waals surface area (Å²) < 4.78 is 38.9. The monoisotopic (exact) mass is 566 g/mol. The number of halogens is 1. The number of aryl methyl sites for hydroxylation is 1. The first-order chi connectivity index (χ1) is 14.5. The van der Waals surface area contributed by atoms with Crippen molar-refractivity contribution < 1.29 is 17.9 Å². The molecule has 2 unspecified atom stereocenters. The lowest BCUT2D eigenvalue weighted by molar-refractivity contribution is -0.00827. The molecule has 8 nitrogen and oxygen atoms in total. The predicted octanol–water partition coefficient (Wildman–Crippen LogP) is 2.05. The Kier molecular flexibility index (Phi) is 11.0. The van der Waals surface area contributed by atoms with Gasteiger partial charge in [0.25, 0.3) is 0 Å². The molecule has 176 valence electrons. The minimum Gasteiger partial charge on any atom is -0.377 e. The zero-order valence-electron chi connectivity index (χ0n) is 18.4. The summed E-state index contributed by atoms with van der Waals surface area (Å²) in [5.41, 5.74) is 2.38. The van der Waals surface area contributed by atoms with Crippen LogP contribution in [0.3, 0.4) is 0 Å². The van der Waals surface area contributed by atoms with E-state index in [4.69, 9.17) is 9.47 Å². The van der Waals surface area contributed by atoms with E-state index < -0.39 is 10.0 Å². The number of aliphatic imine (C=N–C) groups is 1. The molecule has 2 atom stereocenters. The van der Waals surface area contributed by atoms with Crippen molar-refractivity contribution in [2.45, 2.75) is 38.4 Å². The van der Waals surface area contributed by atoms with Crippen LogP contribution in [0.5, 0.6) is 0 Å². The van der Waals surface area contributed by atoms with Crippen molar-refractivity contribution in [3.63, 3.8) is 0 Å². The Morgan fingerprint density at radius 2 is 2.03 bits per heavy atom. The molecule has 0 radical (unpaired) electrons. The Bertz CT molecular complexity index is 815. The molecule has 31 heavy (non-hydrogen) atoms. The molecule has 0 saturated carbocycles. The summed E-state index contributed by atoms with van der Waals surface area (Å²) in [4.78, 5) is 6.46. The number of sulfonamides is 1. The second-order valence-corrected chi connectivity index (χ2v) is 9.72. The van der Waals surface area contributed by atoms with Gasteiger partial charge in [-0.1, -0.05) is 24.3 Å². The molecule has 2 N–H and O–H groups in total. The standard InChI is InChI=1S/C21H34N4O4S.HI/c1-17-7-3-4-9-19(17)20-16-25(11-13-29-20)21(22-2)23-10-14-30(26,27)24-15-18-8-5-6-12-28-18;/h3-4,7,9,18,20,24H,5-6,8,10-16H2,1-2H3,(H,22,23);1H. The maximum absolute atomic E-state index is 12.3. The SMILES string of the molecule is CN=C(NCCS(=O)(=O)NCC1CCCCO1)N1CCOC(c2ccccc2C)C1.I. The molecule has 3 rings (SSSR count). The summed E-state index contributed by atoms with van der Waals surface area (Å²) in [6, 6.07) is 8.22. The van der Waals surface area contributed by atoms with E-state index in [0.717, 1.165) is 19.3 Å². The fourth-order valence-corrected chi connectivity index (χ4v) is 4.82. The van der Waals surface area contributed by atoms with Gasteiger partial charge in [0.1, 0.15) is 6.10 Å². The number of nitrogens with zero attached hydrogens (tertiary/aromatic N) is 2. The number of benzene rings is 1. The van der Waals surface area contributed by atoms with Gasteiger partial charge in [-0.15, -0.1) is 24.0 Å². The summed E-state index contributed by atoms with van der Waals surface area (Å²) in [6.07, 6.45) is 3.01. The van der Waals surface area contributed by atoms with Crippen LogP contribution >= 0.6 is 24.0 Å². The van der Waals surface area contributed by atoms with Gasteiger partial charge in [0, 0.05) is 33.3 Å². The van der Waals surface area contributed by atoms with Crippen LogP contribution in [-0.2, 0) is 19.5 Å². The number of hydrogen-bond acceptors (Lipinski definition) is 5. The highest BCUT2D eigenvalue weighted by atomic mass is 127. The van der Waals surface area contributed by atoms with Crippen molar-refractivity contribution in [2.75, 3.05) is 52.2 Å². The summed E-state index contributed by atoms with van der Waals surface area (Å²) in [7, 11) is -1.65. The topological polar surface area (TPSA) is 92.3 Å². The third kappa shape index (κ3) is 8.16. The zero-order valence-corrected chi connectivity index (χ0v) is 21.5. The highest BCUT2D eigenvalue weighted by Gasteiger charge is 2.25. The van der Waals surface area contributed by atoms with E-state index >= 15 is 0 Å². The molecule has 2 aliphatic heterocycles.